The summed E-state index contributed by atoms with van der Waals surface area (Å²) in [6, 6.07) is 7.53. The number of nitrogens with one attached hydrogen (secondary N) is 2. The molecule has 0 bridgehead atoms. The van der Waals surface area contributed by atoms with Crippen LogP contribution >= 0.6 is 0 Å². The van der Waals surface area contributed by atoms with E-state index in [0.717, 1.165) is 11.1 Å². The fraction of sp³-hybridized carbons (Fsp3) is 0. The van der Waals surface area contributed by atoms with E-state index >= 15 is 0 Å². The van der Waals surface area contributed by atoms with Crippen LogP contribution < -0.4 is 10.6 Å². The van der Waals surface area contributed by atoms with E-state index in [1.807, 2.05) is 24.3 Å². The lowest BCUT2D eigenvalue weighted by molar-refractivity contribution is 0.0947. The van der Waals surface area contributed by atoms with Crippen LogP contribution in [0.1, 0.15) is 10.6 Å². The fourth-order valence-electron chi connectivity index (χ4n) is 1.66. The third kappa shape index (κ3) is 1.11. The second-order valence-corrected chi connectivity index (χ2v) is 3.25. The van der Waals surface area contributed by atoms with Crippen LogP contribution in [0.5, 0.6) is 0 Å². The average Bonchev–Trinajstić information content (AvgIpc) is 2.54. The molecule has 1 aliphatic rings. The van der Waals surface area contributed by atoms with Crippen LogP contribution in [0.15, 0.2) is 41.1 Å². The summed E-state index contributed by atoms with van der Waals surface area (Å²) in [5, 5.41) is 6.52. The summed E-state index contributed by atoms with van der Waals surface area (Å²) in [4.78, 5) is 11.6. The Kier molecular flexibility index (Phi) is 1.56. The number of furan rings is 1. The van der Waals surface area contributed by atoms with E-state index < -0.39 is 0 Å². The van der Waals surface area contributed by atoms with Crippen molar-refractivity contribution in [3.8, 4) is 0 Å². The van der Waals surface area contributed by atoms with Gasteiger partial charge in [-0.1, -0.05) is 12.1 Å². The van der Waals surface area contributed by atoms with Crippen molar-refractivity contribution in [1.82, 2.24) is 5.32 Å². The van der Waals surface area contributed by atoms with Gasteiger partial charge >= 0.3 is 0 Å². The topological polar surface area (TPSA) is 54.3 Å². The van der Waals surface area contributed by atoms with Crippen molar-refractivity contribution in [3.05, 3.63) is 42.4 Å². The molecule has 0 fully saturated rings. The van der Waals surface area contributed by atoms with Gasteiger partial charge in [0.05, 0.1) is 5.69 Å². The summed E-state index contributed by atoms with van der Waals surface area (Å²) in [6.07, 6.45) is 3.22. The van der Waals surface area contributed by atoms with E-state index in [4.69, 9.17) is 4.42 Å². The normalized spacial score (nSPS) is 14.3. The number of hydrogen-bond donors (Lipinski definition) is 2. The summed E-state index contributed by atoms with van der Waals surface area (Å²) in [6.45, 7) is 0. The Morgan fingerprint density at radius 3 is 2.80 bits per heavy atom. The maximum absolute atomic E-state index is 11.6. The van der Waals surface area contributed by atoms with Gasteiger partial charge in [0.25, 0.3) is 5.91 Å². The Balaban J connectivity index is 2.35. The molecule has 2 N–H and O–H groups in total. The smallest absolute Gasteiger partial charge is 0.293 e. The number of anilines is 1. The first-order chi connectivity index (χ1) is 7.36. The molecule has 0 radical (unpaired) electrons. The lowest BCUT2D eigenvalue weighted by atomic mass is 10.2. The molecule has 0 aliphatic carbocycles. The molecule has 4 nitrogen and oxygen atoms in total. The Morgan fingerprint density at radius 2 is 1.87 bits per heavy atom. The van der Waals surface area contributed by atoms with Gasteiger partial charge < -0.3 is 15.1 Å². The number of fused-ring (bicyclic) bond motifs is 3. The molecule has 1 aliphatic heterocycles. The Bertz CT molecular complexity index is 569. The van der Waals surface area contributed by atoms with Gasteiger partial charge in [-0.15, -0.1) is 0 Å². The molecular formula is C11H8N2O2. The quantitative estimate of drug-likeness (QED) is 0.684. The molecule has 2 aromatic rings. The molecule has 0 saturated heterocycles. The van der Waals surface area contributed by atoms with Crippen molar-refractivity contribution in [2.45, 2.75) is 0 Å². The zero-order valence-corrected chi connectivity index (χ0v) is 7.78. The van der Waals surface area contributed by atoms with E-state index in [9.17, 15) is 4.79 Å². The summed E-state index contributed by atoms with van der Waals surface area (Å²) in [5.74, 6) is 0.0867. The third-order valence-corrected chi connectivity index (χ3v) is 2.33. The van der Waals surface area contributed by atoms with Gasteiger partial charge in [0.15, 0.2) is 0 Å². The number of para-hydroxylation sites is 1. The van der Waals surface area contributed by atoms with E-state index in [1.165, 1.54) is 0 Å². The highest BCUT2D eigenvalue weighted by Crippen LogP contribution is 2.31. The molecule has 74 valence electrons. The van der Waals surface area contributed by atoms with E-state index in [0.29, 0.717) is 11.3 Å². The molecule has 4 heteroatoms. The van der Waals surface area contributed by atoms with Gasteiger partial charge in [-0.3, -0.25) is 4.79 Å². The SMILES string of the molecule is O=C1NC=CNc2c1oc1ccccc21. The predicted octanol–water partition coefficient (Wildman–Crippen LogP) is 2.06. The van der Waals surface area contributed by atoms with Gasteiger partial charge in [-0.2, -0.15) is 0 Å². The maximum Gasteiger partial charge on any atom is 0.293 e. The van der Waals surface area contributed by atoms with Crippen LogP contribution in [0, 0.1) is 0 Å². The predicted molar refractivity (Wildman–Crippen MR) is 56.4 cm³/mol. The minimum absolute atomic E-state index is 0.234. The Hall–Kier alpha value is -2.23. The number of amides is 1. The van der Waals surface area contributed by atoms with E-state index in [2.05, 4.69) is 10.6 Å². The van der Waals surface area contributed by atoms with Crippen LogP contribution in [0.25, 0.3) is 11.0 Å². The summed E-state index contributed by atoms with van der Waals surface area (Å²) >= 11 is 0. The molecular weight excluding hydrogens is 192 g/mol. The molecule has 1 aromatic carbocycles. The van der Waals surface area contributed by atoms with Gasteiger partial charge in [0.1, 0.15) is 5.58 Å². The Morgan fingerprint density at radius 1 is 1.07 bits per heavy atom. The second kappa shape index (κ2) is 2.88. The molecule has 2 heterocycles. The monoisotopic (exact) mass is 200 g/mol. The molecule has 0 spiro atoms. The van der Waals surface area contributed by atoms with Crippen LogP contribution in [0.4, 0.5) is 5.69 Å². The van der Waals surface area contributed by atoms with Crippen molar-refractivity contribution in [2.75, 3.05) is 5.32 Å². The number of carbonyl (C=O) groups excluding carboxylic acids is 1. The molecule has 0 unspecified atom stereocenters. The molecule has 0 atom stereocenters. The van der Waals surface area contributed by atoms with E-state index in [-0.39, 0.29) is 5.91 Å². The lowest BCUT2D eigenvalue weighted by Gasteiger charge is -1.95. The Labute approximate surface area is 85.6 Å². The highest BCUT2D eigenvalue weighted by atomic mass is 16.3. The van der Waals surface area contributed by atoms with Crippen molar-refractivity contribution in [2.24, 2.45) is 0 Å². The third-order valence-electron chi connectivity index (χ3n) is 2.33. The van der Waals surface area contributed by atoms with Crippen LogP contribution in [0.2, 0.25) is 0 Å². The lowest BCUT2D eigenvalue weighted by Crippen LogP contribution is -2.14. The first-order valence-corrected chi connectivity index (χ1v) is 4.60. The minimum atomic E-state index is -0.234. The highest BCUT2D eigenvalue weighted by Gasteiger charge is 2.20. The summed E-state index contributed by atoms with van der Waals surface area (Å²) < 4.78 is 5.47. The first-order valence-electron chi connectivity index (χ1n) is 4.60. The van der Waals surface area contributed by atoms with Gasteiger partial charge in [-0.25, -0.2) is 0 Å². The van der Waals surface area contributed by atoms with Crippen molar-refractivity contribution >= 4 is 22.6 Å². The highest BCUT2D eigenvalue weighted by molar-refractivity contribution is 6.07. The summed E-state index contributed by atoms with van der Waals surface area (Å²) in [7, 11) is 0. The number of benzene rings is 1. The summed E-state index contributed by atoms with van der Waals surface area (Å²) in [5.41, 5.74) is 1.43. The standard InChI is InChI=1S/C11H8N2O2/c14-11-10-9(12-5-6-13-11)7-3-1-2-4-8(7)15-10/h1-6,12H,(H,13,14). The van der Waals surface area contributed by atoms with Gasteiger partial charge in [0, 0.05) is 17.8 Å². The molecule has 3 rings (SSSR count). The molecule has 15 heavy (non-hydrogen) atoms. The maximum atomic E-state index is 11.6. The molecule has 1 amide bonds. The molecule has 0 saturated carbocycles. The second-order valence-electron chi connectivity index (χ2n) is 3.25. The van der Waals surface area contributed by atoms with Crippen LogP contribution in [-0.4, -0.2) is 5.91 Å². The fourth-order valence-corrected chi connectivity index (χ4v) is 1.66. The first kappa shape index (κ1) is 8.11. The zero-order valence-electron chi connectivity index (χ0n) is 7.78. The average molecular weight is 200 g/mol. The van der Waals surface area contributed by atoms with Crippen LogP contribution in [0.3, 0.4) is 0 Å². The minimum Gasteiger partial charge on any atom is -0.449 e. The number of rotatable bonds is 0. The van der Waals surface area contributed by atoms with Crippen molar-refractivity contribution in [3.63, 3.8) is 0 Å². The van der Waals surface area contributed by atoms with Crippen molar-refractivity contribution in [1.29, 1.82) is 0 Å². The van der Waals surface area contributed by atoms with Gasteiger partial charge in [0.2, 0.25) is 5.76 Å². The van der Waals surface area contributed by atoms with Crippen molar-refractivity contribution < 1.29 is 9.21 Å². The van der Waals surface area contributed by atoms with E-state index in [1.54, 1.807) is 12.4 Å². The largest absolute Gasteiger partial charge is 0.449 e. The number of carbonyl (C=O) groups is 1. The molecule has 1 aromatic heterocycles. The zero-order chi connectivity index (χ0) is 10.3. The number of hydrogen-bond acceptors (Lipinski definition) is 3. The van der Waals surface area contributed by atoms with Gasteiger partial charge in [-0.05, 0) is 12.1 Å². The van der Waals surface area contributed by atoms with Crippen LogP contribution in [-0.2, 0) is 0 Å².